The number of aryl methyl sites for hydroxylation is 1. The zero-order chi connectivity index (χ0) is 15.8. The molecule has 0 aliphatic rings. The lowest BCUT2D eigenvalue weighted by atomic mass is 10.2. The van der Waals surface area contributed by atoms with Crippen molar-refractivity contribution >= 4 is 11.0 Å². The van der Waals surface area contributed by atoms with Crippen LogP contribution in [-0.2, 0) is 0 Å². The van der Waals surface area contributed by atoms with Gasteiger partial charge < -0.3 is 9.15 Å². The van der Waals surface area contributed by atoms with E-state index >= 15 is 0 Å². The van der Waals surface area contributed by atoms with Crippen molar-refractivity contribution in [1.82, 2.24) is 9.55 Å². The summed E-state index contributed by atoms with van der Waals surface area (Å²) >= 11 is 0. The minimum absolute atomic E-state index is 0.833. The van der Waals surface area contributed by atoms with Gasteiger partial charge in [-0.15, -0.1) is 0 Å². The molecule has 0 saturated carbocycles. The molecular weight excluding hydrogens is 288 g/mol. The molecule has 4 nitrogen and oxygen atoms in total. The van der Waals surface area contributed by atoms with E-state index in [4.69, 9.17) is 14.1 Å². The summed E-state index contributed by atoms with van der Waals surface area (Å²) in [6.45, 7) is 1.95. The normalized spacial score (nSPS) is 11.0. The van der Waals surface area contributed by atoms with Gasteiger partial charge in [-0.05, 0) is 49.4 Å². The highest BCUT2D eigenvalue weighted by Gasteiger charge is 2.16. The number of hydrogen-bond acceptors (Lipinski definition) is 3. The summed E-state index contributed by atoms with van der Waals surface area (Å²) in [5.74, 6) is 2.57. The largest absolute Gasteiger partial charge is 0.497 e. The van der Waals surface area contributed by atoms with Crippen molar-refractivity contribution in [2.45, 2.75) is 6.92 Å². The standard InChI is InChI=1S/C19H16N2O2/c1-13-16(11-12-23-13)19-20-17-5-3-4-6-18(17)21(19)14-7-9-15(22-2)10-8-14/h3-12H,1-2H3. The van der Waals surface area contributed by atoms with Gasteiger partial charge in [-0.3, -0.25) is 4.57 Å². The Morgan fingerprint density at radius 1 is 1.00 bits per heavy atom. The van der Waals surface area contributed by atoms with Crippen LogP contribution in [0.5, 0.6) is 5.75 Å². The summed E-state index contributed by atoms with van der Waals surface area (Å²) in [5, 5.41) is 0. The van der Waals surface area contributed by atoms with Crippen LogP contribution in [0.2, 0.25) is 0 Å². The summed E-state index contributed by atoms with van der Waals surface area (Å²) < 4.78 is 12.9. The summed E-state index contributed by atoms with van der Waals surface area (Å²) in [6, 6.07) is 18.1. The van der Waals surface area contributed by atoms with E-state index in [1.807, 2.05) is 55.5 Å². The van der Waals surface area contributed by atoms with Gasteiger partial charge in [0.05, 0.1) is 30.0 Å². The van der Waals surface area contributed by atoms with Crippen LogP contribution >= 0.6 is 0 Å². The van der Waals surface area contributed by atoms with Crippen LogP contribution in [0.3, 0.4) is 0 Å². The Bertz CT molecular complexity index is 965. The smallest absolute Gasteiger partial charge is 0.149 e. The molecule has 23 heavy (non-hydrogen) atoms. The number of furan rings is 1. The van der Waals surface area contributed by atoms with E-state index < -0.39 is 0 Å². The van der Waals surface area contributed by atoms with Gasteiger partial charge in [0.1, 0.15) is 17.3 Å². The van der Waals surface area contributed by atoms with Crippen LogP contribution in [0.1, 0.15) is 5.76 Å². The van der Waals surface area contributed by atoms with Gasteiger partial charge in [0.15, 0.2) is 0 Å². The van der Waals surface area contributed by atoms with Crippen molar-refractivity contribution in [1.29, 1.82) is 0 Å². The number of rotatable bonds is 3. The van der Waals surface area contributed by atoms with Gasteiger partial charge in [-0.25, -0.2) is 4.98 Å². The molecule has 0 unspecified atom stereocenters. The number of benzene rings is 2. The first kappa shape index (κ1) is 13.6. The van der Waals surface area contributed by atoms with Crippen molar-refractivity contribution in [3.8, 4) is 22.8 Å². The van der Waals surface area contributed by atoms with Crippen molar-refractivity contribution in [3.05, 3.63) is 66.6 Å². The van der Waals surface area contributed by atoms with Gasteiger partial charge in [-0.1, -0.05) is 12.1 Å². The first-order valence-corrected chi connectivity index (χ1v) is 7.44. The van der Waals surface area contributed by atoms with Crippen LogP contribution in [0.25, 0.3) is 28.1 Å². The van der Waals surface area contributed by atoms with Crippen LogP contribution in [0.4, 0.5) is 0 Å². The molecule has 0 atom stereocenters. The maximum absolute atomic E-state index is 5.47. The molecule has 0 saturated heterocycles. The highest BCUT2D eigenvalue weighted by atomic mass is 16.5. The first-order chi connectivity index (χ1) is 11.3. The number of imidazole rings is 1. The Morgan fingerprint density at radius 3 is 2.48 bits per heavy atom. The molecule has 2 aromatic carbocycles. The number of nitrogens with zero attached hydrogens (tertiary/aromatic N) is 2. The summed E-state index contributed by atoms with van der Waals surface area (Å²) in [7, 11) is 1.67. The predicted octanol–water partition coefficient (Wildman–Crippen LogP) is 4.60. The Labute approximate surface area is 134 Å². The average molecular weight is 304 g/mol. The summed E-state index contributed by atoms with van der Waals surface area (Å²) in [6.07, 6.45) is 1.70. The van der Waals surface area contributed by atoms with Crippen LogP contribution in [0.15, 0.2) is 65.3 Å². The molecule has 4 aromatic rings. The quantitative estimate of drug-likeness (QED) is 0.555. The van der Waals surface area contributed by atoms with E-state index in [-0.39, 0.29) is 0 Å². The van der Waals surface area contributed by atoms with E-state index in [2.05, 4.69) is 10.6 Å². The van der Waals surface area contributed by atoms with Gasteiger partial charge in [-0.2, -0.15) is 0 Å². The molecule has 114 valence electrons. The third-order valence-corrected chi connectivity index (χ3v) is 3.99. The Morgan fingerprint density at radius 2 is 1.78 bits per heavy atom. The molecule has 4 rings (SSSR count). The lowest BCUT2D eigenvalue weighted by molar-refractivity contribution is 0.415. The van der Waals surface area contributed by atoms with E-state index in [0.717, 1.165) is 39.6 Å². The summed E-state index contributed by atoms with van der Waals surface area (Å²) in [5.41, 5.74) is 4.05. The minimum Gasteiger partial charge on any atom is -0.497 e. The van der Waals surface area contributed by atoms with Crippen LogP contribution in [0, 0.1) is 6.92 Å². The van der Waals surface area contributed by atoms with E-state index in [9.17, 15) is 0 Å². The Kier molecular flexibility index (Phi) is 3.15. The van der Waals surface area contributed by atoms with Crippen LogP contribution < -0.4 is 4.74 Å². The summed E-state index contributed by atoms with van der Waals surface area (Å²) in [4.78, 5) is 4.81. The maximum atomic E-state index is 5.47. The fourth-order valence-electron chi connectivity index (χ4n) is 2.82. The molecule has 0 spiro atoms. The fourth-order valence-corrected chi connectivity index (χ4v) is 2.82. The van der Waals surface area contributed by atoms with Crippen LogP contribution in [-0.4, -0.2) is 16.7 Å². The van der Waals surface area contributed by atoms with Crippen molar-refractivity contribution in [2.24, 2.45) is 0 Å². The van der Waals surface area contributed by atoms with Gasteiger partial charge in [0.25, 0.3) is 0 Å². The number of methoxy groups -OCH3 is 1. The van der Waals surface area contributed by atoms with Crippen molar-refractivity contribution < 1.29 is 9.15 Å². The van der Waals surface area contributed by atoms with Gasteiger partial charge in [0, 0.05) is 5.69 Å². The molecule has 4 heteroatoms. The molecule has 0 aliphatic heterocycles. The average Bonchev–Trinajstić information content (AvgIpc) is 3.18. The fraction of sp³-hybridized carbons (Fsp3) is 0.105. The van der Waals surface area contributed by atoms with E-state index in [1.165, 1.54) is 0 Å². The molecular formula is C19H16N2O2. The lowest BCUT2D eigenvalue weighted by Crippen LogP contribution is -1.97. The molecule has 0 radical (unpaired) electrons. The number of aromatic nitrogens is 2. The lowest BCUT2D eigenvalue weighted by Gasteiger charge is -2.10. The van der Waals surface area contributed by atoms with E-state index in [1.54, 1.807) is 13.4 Å². The highest BCUT2D eigenvalue weighted by molar-refractivity contribution is 5.83. The Hall–Kier alpha value is -3.01. The SMILES string of the molecule is COc1ccc(-n2c(-c3ccoc3C)nc3ccccc32)cc1. The number of para-hydroxylation sites is 2. The molecule has 2 heterocycles. The number of hydrogen-bond donors (Lipinski definition) is 0. The molecule has 0 amide bonds. The maximum Gasteiger partial charge on any atom is 0.149 e. The minimum atomic E-state index is 0.833. The second-order valence-corrected chi connectivity index (χ2v) is 5.35. The predicted molar refractivity (Wildman–Crippen MR) is 90.1 cm³/mol. The first-order valence-electron chi connectivity index (χ1n) is 7.44. The third kappa shape index (κ3) is 2.19. The van der Waals surface area contributed by atoms with Crippen molar-refractivity contribution in [3.63, 3.8) is 0 Å². The number of fused-ring (bicyclic) bond motifs is 1. The molecule has 2 aromatic heterocycles. The van der Waals surface area contributed by atoms with E-state index in [0.29, 0.717) is 0 Å². The zero-order valence-electron chi connectivity index (χ0n) is 13.0. The zero-order valence-corrected chi connectivity index (χ0v) is 13.0. The molecule has 0 fully saturated rings. The third-order valence-electron chi connectivity index (χ3n) is 3.99. The van der Waals surface area contributed by atoms with Crippen molar-refractivity contribution in [2.75, 3.05) is 7.11 Å². The monoisotopic (exact) mass is 304 g/mol. The second-order valence-electron chi connectivity index (χ2n) is 5.35. The van der Waals surface area contributed by atoms with Gasteiger partial charge in [0.2, 0.25) is 0 Å². The topological polar surface area (TPSA) is 40.2 Å². The Balaban J connectivity index is 2.01. The molecule has 0 bridgehead atoms. The molecule has 0 N–H and O–H groups in total. The number of ether oxygens (including phenoxy) is 1. The molecule has 0 aliphatic carbocycles. The van der Waals surface area contributed by atoms with Gasteiger partial charge >= 0.3 is 0 Å². The second kappa shape index (κ2) is 5.32. The highest BCUT2D eigenvalue weighted by Crippen LogP contribution is 2.31.